The van der Waals surface area contributed by atoms with E-state index in [-0.39, 0.29) is 28.3 Å². The minimum absolute atomic E-state index is 0.0242. The van der Waals surface area contributed by atoms with Crippen molar-refractivity contribution in [2.24, 2.45) is 0 Å². The Morgan fingerprint density at radius 1 is 1.12 bits per heavy atom. The van der Waals surface area contributed by atoms with Gasteiger partial charge in [-0.3, -0.25) is 4.79 Å². The smallest absolute Gasteiger partial charge is 0.264 e. The van der Waals surface area contributed by atoms with Crippen LogP contribution in [0.3, 0.4) is 0 Å². The average Bonchev–Trinajstić information content (AvgIpc) is 3.74. The second-order valence-electron chi connectivity index (χ2n) is 10.1. The highest BCUT2D eigenvalue weighted by atomic mass is 32.2. The van der Waals surface area contributed by atoms with E-state index in [4.69, 9.17) is 9.51 Å². The van der Waals surface area contributed by atoms with Gasteiger partial charge in [0.1, 0.15) is 0 Å². The van der Waals surface area contributed by atoms with Crippen molar-refractivity contribution in [3.05, 3.63) is 70.4 Å². The molecule has 1 saturated heterocycles. The molecular formula is C27H26N6O6S3. The van der Waals surface area contributed by atoms with E-state index >= 15 is 0 Å². The summed E-state index contributed by atoms with van der Waals surface area (Å²) in [6.07, 6.45) is 0.421. The van der Waals surface area contributed by atoms with Crippen molar-refractivity contribution in [1.82, 2.24) is 19.9 Å². The van der Waals surface area contributed by atoms with Crippen LogP contribution in [0.2, 0.25) is 0 Å². The van der Waals surface area contributed by atoms with Gasteiger partial charge in [0.25, 0.3) is 15.9 Å². The molecule has 5 heterocycles. The highest BCUT2D eigenvalue weighted by Crippen LogP contribution is 2.33. The van der Waals surface area contributed by atoms with Crippen LogP contribution in [0.1, 0.15) is 39.8 Å². The summed E-state index contributed by atoms with van der Waals surface area (Å²) in [7, 11) is -7.13. The number of carbonyl (C=O) groups is 1. The number of aromatic nitrogens is 4. The zero-order chi connectivity index (χ0) is 29.8. The Balaban J connectivity index is 1.33. The Bertz CT molecular complexity index is 2050. The second-order valence-corrected chi connectivity index (χ2v) is 15.0. The van der Waals surface area contributed by atoms with Gasteiger partial charge in [-0.05, 0) is 69.0 Å². The number of nitrogens with zero attached hydrogens (tertiary/aromatic N) is 4. The summed E-state index contributed by atoms with van der Waals surface area (Å²) in [5.41, 5.74) is 3.41. The summed E-state index contributed by atoms with van der Waals surface area (Å²) in [4.78, 5) is 19.3. The van der Waals surface area contributed by atoms with Gasteiger partial charge in [0.05, 0.1) is 55.4 Å². The number of pyridine rings is 1. The molecule has 6 rings (SSSR count). The van der Waals surface area contributed by atoms with E-state index in [1.54, 1.807) is 31.5 Å². The maximum atomic E-state index is 13.7. The van der Waals surface area contributed by atoms with Gasteiger partial charge in [-0.1, -0.05) is 11.2 Å². The number of sulfone groups is 1. The van der Waals surface area contributed by atoms with Crippen molar-refractivity contribution in [2.45, 2.75) is 38.1 Å². The molecule has 1 aliphatic rings. The topological polar surface area (TPSA) is 166 Å². The van der Waals surface area contributed by atoms with Gasteiger partial charge in [0.15, 0.2) is 15.5 Å². The molecule has 2 N–H and O–H groups in total. The molecule has 42 heavy (non-hydrogen) atoms. The maximum Gasteiger partial charge on any atom is 0.264 e. The first kappa shape index (κ1) is 28.1. The van der Waals surface area contributed by atoms with Crippen LogP contribution in [0.25, 0.3) is 21.6 Å². The minimum Gasteiger partial charge on any atom is -0.337 e. The van der Waals surface area contributed by atoms with Crippen LogP contribution in [0.15, 0.2) is 57.3 Å². The molecular weight excluding hydrogens is 601 g/mol. The first-order valence-corrected chi connectivity index (χ1v) is 17.1. The molecule has 218 valence electrons. The highest BCUT2D eigenvalue weighted by molar-refractivity contribution is 7.92. The third-order valence-electron chi connectivity index (χ3n) is 7.22. The lowest BCUT2D eigenvalue weighted by Gasteiger charge is -2.12. The van der Waals surface area contributed by atoms with Crippen LogP contribution in [0.5, 0.6) is 0 Å². The highest BCUT2D eigenvalue weighted by Gasteiger charge is 2.32. The molecule has 1 atom stereocenters. The van der Waals surface area contributed by atoms with E-state index in [9.17, 15) is 21.6 Å². The number of fused-ring (bicyclic) bond motifs is 1. The summed E-state index contributed by atoms with van der Waals surface area (Å²) in [6, 6.07) is 10.8. The number of aryl methyl sites for hydroxylation is 2. The number of amides is 1. The Labute approximate surface area is 245 Å². The summed E-state index contributed by atoms with van der Waals surface area (Å²) in [5.74, 6) is -0.354. The summed E-state index contributed by atoms with van der Waals surface area (Å²) >= 11 is 1.47. The molecule has 4 aromatic heterocycles. The SMILES string of the molecule is Cc1noc(NS(=O)(=O)c2ccc(NC(=O)c3cc(-c4cccs4)nc4c3c(C)nn4C3CCS(=O)(=O)C3)cc2)c1C. The largest absolute Gasteiger partial charge is 0.337 e. The molecule has 0 radical (unpaired) electrons. The minimum atomic E-state index is -3.96. The molecule has 15 heteroatoms. The van der Waals surface area contributed by atoms with E-state index in [0.717, 1.165) is 4.88 Å². The maximum absolute atomic E-state index is 13.7. The molecule has 0 bridgehead atoms. The molecule has 0 spiro atoms. The monoisotopic (exact) mass is 626 g/mol. The van der Waals surface area contributed by atoms with Crippen LogP contribution < -0.4 is 10.0 Å². The standard InChI is InChI=1S/C27H26N6O6S3/c1-15-16(2)31-39-27(15)32-42(37,38)20-8-6-18(7-9-20)28-26(34)21-13-22(23-5-4-11-40-23)29-25-24(21)17(3)30-33(25)19-10-12-41(35,36)14-19/h4-9,11,13,19,32H,10,12,14H2,1-3H3,(H,28,34). The van der Waals surface area contributed by atoms with E-state index in [1.165, 1.54) is 35.6 Å². The van der Waals surface area contributed by atoms with Gasteiger partial charge < -0.3 is 9.84 Å². The number of anilines is 2. The second kappa shape index (κ2) is 10.3. The van der Waals surface area contributed by atoms with Gasteiger partial charge in [-0.2, -0.15) is 5.10 Å². The quantitative estimate of drug-likeness (QED) is 0.265. The van der Waals surface area contributed by atoms with Crippen molar-refractivity contribution in [3.63, 3.8) is 0 Å². The molecule has 0 aliphatic carbocycles. The number of carbonyl (C=O) groups excluding carboxylic acids is 1. The lowest BCUT2D eigenvalue weighted by Crippen LogP contribution is -2.15. The number of nitrogens with one attached hydrogen (secondary N) is 2. The molecule has 1 unspecified atom stereocenters. The summed E-state index contributed by atoms with van der Waals surface area (Å²) in [6.45, 7) is 5.17. The van der Waals surface area contributed by atoms with Crippen LogP contribution in [0, 0.1) is 20.8 Å². The summed E-state index contributed by atoms with van der Waals surface area (Å²) < 4.78 is 59.2. The fourth-order valence-electron chi connectivity index (χ4n) is 4.87. The normalized spacial score (nSPS) is 16.6. The molecule has 1 aromatic carbocycles. The first-order chi connectivity index (χ1) is 19.9. The lowest BCUT2D eigenvalue weighted by atomic mass is 10.1. The Hall–Kier alpha value is -4.08. The van der Waals surface area contributed by atoms with Crippen molar-refractivity contribution >= 4 is 59.7 Å². The van der Waals surface area contributed by atoms with Crippen LogP contribution >= 0.6 is 11.3 Å². The van der Waals surface area contributed by atoms with E-state index < -0.39 is 25.8 Å². The van der Waals surface area contributed by atoms with Crippen molar-refractivity contribution in [1.29, 1.82) is 0 Å². The predicted molar refractivity (Wildman–Crippen MR) is 159 cm³/mol. The number of hydrogen-bond acceptors (Lipinski definition) is 10. The molecule has 0 saturated carbocycles. The Kier molecular flexibility index (Phi) is 6.90. The fourth-order valence-corrected chi connectivity index (χ4v) is 8.30. The van der Waals surface area contributed by atoms with E-state index in [1.807, 2.05) is 17.5 Å². The Morgan fingerprint density at radius 2 is 1.88 bits per heavy atom. The van der Waals surface area contributed by atoms with Crippen molar-refractivity contribution in [2.75, 3.05) is 21.5 Å². The van der Waals surface area contributed by atoms with Crippen LogP contribution in [-0.4, -0.2) is 54.2 Å². The number of benzene rings is 1. The fraction of sp³-hybridized carbons (Fsp3) is 0.259. The molecule has 1 aliphatic heterocycles. The first-order valence-electron chi connectivity index (χ1n) is 12.9. The number of thiophene rings is 1. The molecule has 1 fully saturated rings. The van der Waals surface area contributed by atoms with E-state index in [0.29, 0.717) is 51.4 Å². The third-order valence-corrected chi connectivity index (χ3v) is 11.2. The zero-order valence-corrected chi connectivity index (χ0v) is 25.2. The number of hydrogen-bond donors (Lipinski definition) is 2. The zero-order valence-electron chi connectivity index (χ0n) is 22.8. The number of rotatable bonds is 7. The van der Waals surface area contributed by atoms with Gasteiger partial charge >= 0.3 is 0 Å². The van der Waals surface area contributed by atoms with Crippen molar-refractivity contribution < 1.29 is 26.2 Å². The Morgan fingerprint density at radius 3 is 2.50 bits per heavy atom. The van der Waals surface area contributed by atoms with Gasteiger partial charge in [0, 0.05) is 11.3 Å². The van der Waals surface area contributed by atoms with Crippen molar-refractivity contribution in [3.8, 4) is 10.6 Å². The van der Waals surface area contributed by atoms with Gasteiger partial charge in [-0.15, -0.1) is 11.3 Å². The lowest BCUT2D eigenvalue weighted by molar-refractivity contribution is 0.102. The predicted octanol–water partition coefficient (Wildman–Crippen LogP) is 4.49. The third kappa shape index (κ3) is 5.18. The molecule has 1 amide bonds. The van der Waals surface area contributed by atoms with Crippen LogP contribution in [0.4, 0.5) is 11.6 Å². The average molecular weight is 627 g/mol. The summed E-state index contributed by atoms with van der Waals surface area (Å²) in [5, 5.41) is 13.7. The molecule has 5 aromatic rings. The van der Waals surface area contributed by atoms with Gasteiger partial charge in [-0.25, -0.2) is 31.2 Å². The van der Waals surface area contributed by atoms with Crippen LogP contribution in [-0.2, 0) is 19.9 Å². The van der Waals surface area contributed by atoms with Gasteiger partial charge in [0.2, 0.25) is 5.88 Å². The number of sulfonamides is 1. The molecule has 12 nitrogen and oxygen atoms in total. The van der Waals surface area contributed by atoms with E-state index in [2.05, 4.69) is 20.3 Å².